The molecule has 0 spiro atoms. The summed E-state index contributed by atoms with van der Waals surface area (Å²) in [6, 6.07) is 0. The van der Waals surface area contributed by atoms with E-state index in [2.05, 4.69) is 13.8 Å². The largest absolute Gasteiger partial charge is 0.378 e. The van der Waals surface area contributed by atoms with Gasteiger partial charge >= 0.3 is 0 Å². The molecule has 2 aliphatic rings. The molecule has 22 heavy (non-hydrogen) atoms. The fraction of sp³-hybridized carbons (Fsp3) is 1.00. The van der Waals surface area contributed by atoms with Gasteiger partial charge in [-0.05, 0) is 69.6 Å². The van der Waals surface area contributed by atoms with Crippen molar-refractivity contribution in [3.63, 3.8) is 0 Å². The van der Waals surface area contributed by atoms with Crippen LogP contribution in [0.4, 0.5) is 0 Å². The molecule has 0 saturated heterocycles. The lowest BCUT2D eigenvalue weighted by Crippen LogP contribution is -2.45. The van der Waals surface area contributed by atoms with E-state index in [0.29, 0.717) is 6.10 Å². The summed E-state index contributed by atoms with van der Waals surface area (Å²) >= 11 is 0. The normalized spacial score (nSPS) is 36.4. The maximum Gasteiger partial charge on any atom is 0.0707 e. The standard InChI is InChI=1S/C20H38O2/c1-4-6-16-22-19-10-8-18(9-11-19)20(21-3)14-12-17(7-5-2)13-15-20/h17-19H,4-16H2,1-3H3. The minimum atomic E-state index is 0.193. The van der Waals surface area contributed by atoms with Gasteiger partial charge in [0.1, 0.15) is 0 Å². The van der Waals surface area contributed by atoms with Crippen LogP contribution in [0.25, 0.3) is 0 Å². The van der Waals surface area contributed by atoms with Crippen molar-refractivity contribution in [1.82, 2.24) is 0 Å². The number of hydrogen-bond donors (Lipinski definition) is 0. The highest BCUT2D eigenvalue weighted by atomic mass is 16.5. The minimum Gasteiger partial charge on any atom is -0.378 e. The van der Waals surface area contributed by atoms with Crippen molar-refractivity contribution in [3.8, 4) is 0 Å². The molecule has 0 aromatic rings. The molecule has 0 heterocycles. The van der Waals surface area contributed by atoms with Gasteiger partial charge in [-0.15, -0.1) is 0 Å². The van der Waals surface area contributed by atoms with Crippen LogP contribution in [-0.4, -0.2) is 25.4 Å². The minimum absolute atomic E-state index is 0.193. The summed E-state index contributed by atoms with van der Waals surface area (Å²) in [5.41, 5.74) is 0.193. The molecule has 0 bridgehead atoms. The number of ether oxygens (including phenoxy) is 2. The molecular weight excluding hydrogens is 272 g/mol. The SMILES string of the molecule is CCCCOC1CCC(C2(OC)CCC(CCC)CC2)CC1. The van der Waals surface area contributed by atoms with Gasteiger partial charge < -0.3 is 9.47 Å². The summed E-state index contributed by atoms with van der Waals surface area (Å²) in [5, 5.41) is 0. The van der Waals surface area contributed by atoms with E-state index in [1.807, 2.05) is 7.11 Å². The van der Waals surface area contributed by atoms with E-state index in [1.54, 1.807) is 0 Å². The second kappa shape index (κ2) is 9.27. The monoisotopic (exact) mass is 310 g/mol. The van der Waals surface area contributed by atoms with E-state index >= 15 is 0 Å². The molecule has 0 aliphatic heterocycles. The Bertz CT molecular complexity index is 286. The summed E-state index contributed by atoms with van der Waals surface area (Å²) in [7, 11) is 1.96. The molecule has 2 aliphatic carbocycles. The second-order valence-corrected chi connectivity index (χ2v) is 7.70. The van der Waals surface area contributed by atoms with Crippen molar-refractivity contribution < 1.29 is 9.47 Å². The fourth-order valence-corrected chi connectivity index (χ4v) is 4.79. The van der Waals surface area contributed by atoms with Crippen molar-refractivity contribution in [2.24, 2.45) is 11.8 Å². The van der Waals surface area contributed by atoms with Gasteiger partial charge in [0, 0.05) is 13.7 Å². The molecule has 0 aromatic heterocycles. The van der Waals surface area contributed by atoms with E-state index in [9.17, 15) is 0 Å². The van der Waals surface area contributed by atoms with Gasteiger partial charge in [-0.3, -0.25) is 0 Å². The third-order valence-corrected chi connectivity index (χ3v) is 6.32. The average molecular weight is 311 g/mol. The maximum absolute atomic E-state index is 6.14. The Morgan fingerprint density at radius 1 is 0.909 bits per heavy atom. The number of methoxy groups -OCH3 is 1. The lowest BCUT2D eigenvalue weighted by molar-refractivity contribution is -0.113. The number of unbranched alkanes of at least 4 members (excludes halogenated alkanes) is 1. The van der Waals surface area contributed by atoms with Gasteiger partial charge in [0.05, 0.1) is 11.7 Å². The Kier molecular flexibility index (Phi) is 7.70. The van der Waals surface area contributed by atoms with Gasteiger partial charge in [0.2, 0.25) is 0 Å². The van der Waals surface area contributed by atoms with Crippen molar-refractivity contribution in [1.29, 1.82) is 0 Å². The first-order valence-corrected chi connectivity index (χ1v) is 9.90. The predicted octanol–water partition coefficient (Wildman–Crippen LogP) is 5.74. The summed E-state index contributed by atoms with van der Waals surface area (Å²) in [4.78, 5) is 0. The lowest BCUT2D eigenvalue weighted by atomic mass is 9.66. The van der Waals surface area contributed by atoms with E-state index < -0.39 is 0 Å². The van der Waals surface area contributed by atoms with Crippen LogP contribution in [-0.2, 0) is 9.47 Å². The Morgan fingerprint density at radius 3 is 2.14 bits per heavy atom. The molecule has 2 heteroatoms. The Labute approximate surface area is 138 Å². The second-order valence-electron chi connectivity index (χ2n) is 7.70. The van der Waals surface area contributed by atoms with Crippen LogP contribution in [0.3, 0.4) is 0 Å². The molecule has 2 saturated carbocycles. The van der Waals surface area contributed by atoms with Crippen molar-refractivity contribution in [3.05, 3.63) is 0 Å². The van der Waals surface area contributed by atoms with Crippen LogP contribution in [0, 0.1) is 11.8 Å². The summed E-state index contributed by atoms with van der Waals surface area (Å²) in [5.74, 6) is 1.73. The van der Waals surface area contributed by atoms with E-state index in [-0.39, 0.29) is 5.60 Å². The van der Waals surface area contributed by atoms with E-state index in [0.717, 1.165) is 18.4 Å². The van der Waals surface area contributed by atoms with Crippen molar-refractivity contribution in [2.45, 2.75) is 103 Å². The zero-order chi connectivity index (χ0) is 15.8. The molecule has 0 N–H and O–H groups in total. The Hall–Kier alpha value is -0.0800. The molecular formula is C20H38O2. The Morgan fingerprint density at radius 2 is 1.59 bits per heavy atom. The molecule has 2 rings (SSSR count). The molecule has 0 amide bonds. The van der Waals surface area contributed by atoms with Gasteiger partial charge in [-0.2, -0.15) is 0 Å². The molecule has 0 unspecified atom stereocenters. The van der Waals surface area contributed by atoms with Gasteiger partial charge in [0.25, 0.3) is 0 Å². The third-order valence-electron chi connectivity index (χ3n) is 6.32. The highest BCUT2D eigenvalue weighted by Gasteiger charge is 2.43. The lowest BCUT2D eigenvalue weighted by Gasteiger charge is -2.47. The van der Waals surface area contributed by atoms with Gasteiger partial charge in [-0.1, -0.05) is 33.1 Å². The first-order chi connectivity index (χ1) is 10.7. The zero-order valence-corrected chi connectivity index (χ0v) is 15.2. The van der Waals surface area contributed by atoms with E-state index in [1.165, 1.54) is 77.0 Å². The quantitative estimate of drug-likeness (QED) is 0.532. The molecule has 0 radical (unpaired) electrons. The summed E-state index contributed by atoms with van der Waals surface area (Å²) < 4.78 is 12.2. The molecule has 130 valence electrons. The molecule has 0 aromatic carbocycles. The molecule has 2 fully saturated rings. The summed E-state index contributed by atoms with van der Waals surface area (Å²) in [6.07, 6.45) is 16.2. The smallest absolute Gasteiger partial charge is 0.0707 e. The van der Waals surface area contributed by atoms with Crippen LogP contribution in [0.5, 0.6) is 0 Å². The average Bonchev–Trinajstić information content (AvgIpc) is 2.57. The molecule has 2 nitrogen and oxygen atoms in total. The van der Waals surface area contributed by atoms with Gasteiger partial charge in [-0.25, -0.2) is 0 Å². The predicted molar refractivity (Wildman–Crippen MR) is 93.2 cm³/mol. The highest BCUT2D eigenvalue weighted by Crippen LogP contribution is 2.46. The summed E-state index contributed by atoms with van der Waals surface area (Å²) in [6.45, 7) is 5.51. The first kappa shape index (κ1) is 18.3. The maximum atomic E-state index is 6.14. The van der Waals surface area contributed by atoms with Gasteiger partial charge in [0.15, 0.2) is 0 Å². The zero-order valence-electron chi connectivity index (χ0n) is 15.2. The number of rotatable bonds is 8. The van der Waals surface area contributed by atoms with Crippen molar-refractivity contribution in [2.75, 3.05) is 13.7 Å². The fourth-order valence-electron chi connectivity index (χ4n) is 4.79. The van der Waals surface area contributed by atoms with E-state index in [4.69, 9.17) is 9.47 Å². The molecule has 0 atom stereocenters. The third kappa shape index (κ3) is 4.71. The van der Waals surface area contributed by atoms with Crippen LogP contribution in [0.2, 0.25) is 0 Å². The van der Waals surface area contributed by atoms with Crippen LogP contribution in [0.15, 0.2) is 0 Å². The van der Waals surface area contributed by atoms with Crippen molar-refractivity contribution >= 4 is 0 Å². The first-order valence-electron chi connectivity index (χ1n) is 9.90. The topological polar surface area (TPSA) is 18.5 Å². The van der Waals surface area contributed by atoms with Crippen LogP contribution < -0.4 is 0 Å². The Balaban J connectivity index is 1.78. The van der Waals surface area contributed by atoms with Crippen LogP contribution in [0.1, 0.15) is 90.9 Å². The van der Waals surface area contributed by atoms with Crippen LogP contribution >= 0.6 is 0 Å². The number of hydrogen-bond acceptors (Lipinski definition) is 2. The highest BCUT2D eigenvalue weighted by molar-refractivity contribution is 4.94.